The summed E-state index contributed by atoms with van der Waals surface area (Å²) >= 11 is 0. The number of rotatable bonds is 12. The molecule has 0 radical (unpaired) electrons. The van der Waals surface area contributed by atoms with Gasteiger partial charge in [-0.2, -0.15) is 0 Å². The molecule has 9 heteroatoms. The lowest BCUT2D eigenvalue weighted by atomic mass is 10.0. The van der Waals surface area contributed by atoms with E-state index in [-0.39, 0.29) is 17.4 Å². The molecule has 0 bridgehead atoms. The average Bonchev–Trinajstić information content (AvgIpc) is 3.26. The van der Waals surface area contributed by atoms with Gasteiger partial charge < -0.3 is 24.9 Å². The first-order chi connectivity index (χ1) is 15.6. The van der Waals surface area contributed by atoms with E-state index in [1.165, 1.54) is 12.1 Å². The topological polar surface area (TPSA) is 78.9 Å². The number of nitrogens with zero attached hydrogens (tertiary/aromatic N) is 1. The lowest BCUT2D eigenvalue weighted by Gasteiger charge is -2.29. The monoisotopic (exact) mass is 474 g/mol. The molecule has 1 aromatic carbocycles. The van der Waals surface area contributed by atoms with Crippen LogP contribution >= 0.6 is 0 Å². The minimum Gasteiger partial charge on any atom is -0.406 e. The molecule has 1 fully saturated rings. The van der Waals surface area contributed by atoms with E-state index >= 15 is 0 Å². The zero-order chi connectivity index (χ0) is 24.9. The van der Waals surface area contributed by atoms with E-state index in [4.69, 9.17) is 0 Å². The third kappa shape index (κ3) is 12.1. The second-order valence-electron chi connectivity index (χ2n) is 8.01. The van der Waals surface area contributed by atoms with Gasteiger partial charge in [-0.15, -0.1) is 13.2 Å². The number of carbonyl (C=O) groups is 2. The molecule has 1 aliphatic heterocycles. The fourth-order valence-electron chi connectivity index (χ4n) is 3.68. The second kappa shape index (κ2) is 14.9. The second-order valence-corrected chi connectivity index (χ2v) is 8.01. The average molecular weight is 475 g/mol. The number of carbonyl (C=O) groups excluding carboxylic acids is 2. The molecule has 2 N–H and O–H groups in total. The summed E-state index contributed by atoms with van der Waals surface area (Å²) in [7, 11) is 0. The highest BCUT2D eigenvalue weighted by atomic mass is 19.4. The van der Waals surface area contributed by atoms with Crippen LogP contribution in [0, 0.1) is 0 Å². The molecule has 2 rings (SSSR count). The Labute approximate surface area is 194 Å². The van der Waals surface area contributed by atoms with Crippen LogP contribution in [0.5, 0.6) is 5.75 Å². The first-order valence-corrected chi connectivity index (χ1v) is 11.7. The molecule has 0 unspecified atom stereocenters. The van der Waals surface area contributed by atoms with Crippen molar-refractivity contribution in [2.75, 3.05) is 19.6 Å². The van der Waals surface area contributed by atoms with Crippen LogP contribution in [0.1, 0.15) is 77.4 Å². The predicted octanol–water partition coefficient (Wildman–Crippen LogP) is 4.76. The first-order valence-electron chi connectivity index (χ1n) is 11.7. The highest BCUT2D eigenvalue weighted by Gasteiger charge is 2.31. The van der Waals surface area contributed by atoms with E-state index in [0.717, 1.165) is 50.9 Å². The van der Waals surface area contributed by atoms with E-state index in [1.807, 2.05) is 13.8 Å². The number of likely N-dealkylation sites (tertiary alicyclic amines) is 1. The number of unbranched alkanes of at least 4 members (excludes halogenated alkanes) is 2. The summed E-state index contributed by atoms with van der Waals surface area (Å²) in [6, 6.07) is 4.45. The highest BCUT2D eigenvalue weighted by Crippen LogP contribution is 2.26. The van der Waals surface area contributed by atoms with Gasteiger partial charge in [0.2, 0.25) is 5.91 Å². The number of nitrogens with one attached hydrogen (secondary N) is 1. The zero-order valence-electron chi connectivity index (χ0n) is 19.8. The summed E-state index contributed by atoms with van der Waals surface area (Å²) in [4.78, 5) is 25.5. The molecule has 1 aliphatic rings. The number of hydrogen-bond donors (Lipinski definition) is 2. The molecule has 0 aromatic heterocycles. The van der Waals surface area contributed by atoms with Crippen LogP contribution in [0.25, 0.3) is 0 Å². The van der Waals surface area contributed by atoms with E-state index in [9.17, 15) is 27.9 Å². The fraction of sp³-hybridized carbons (Fsp3) is 0.667. The molecular formula is C24H37F3N2O4. The van der Waals surface area contributed by atoms with Crippen molar-refractivity contribution in [2.24, 2.45) is 0 Å². The van der Waals surface area contributed by atoms with Crippen LogP contribution in [0.4, 0.5) is 13.2 Å². The van der Waals surface area contributed by atoms with Gasteiger partial charge in [-0.3, -0.25) is 4.79 Å². The van der Waals surface area contributed by atoms with Gasteiger partial charge in [-0.05, 0) is 63.4 Å². The van der Waals surface area contributed by atoms with Gasteiger partial charge in [-0.25, -0.2) is 0 Å². The van der Waals surface area contributed by atoms with Crippen LogP contribution in [-0.2, 0) is 9.59 Å². The Kier molecular flexibility index (Phi) is 13.1. The summed E-state index contributed by atoms with van der Waals surface area (Å²) in [5, 5.41) is 13.7. The summed E-state index contributed by atoms with van der Waals surface area (Å²) < 4.78 is 40.9. The van der Waals surface area contributed by atoms with Gasteiger partial charge in [0.15, 0.2) is 0 Å². The minimum atomic E-state index is -4.78. The van der Waals surface area contributed by atoms with Crippen LogP contribution in [0.3, 0.4) is 0 Å². The van der Waals surface area contributed by atoms with Crippen molar-refractivity contribution in [1.82, 2.24) is 10.2 Å². The van der Waals surface area contributed by atoms with Gasteiger partial charge in [0.25, 0.3) is 0 Å². The van der Waals surface area contributed by atoms with Gasteiger partial charge >= 0.3 is 6.36 Å². The lowest BCUT2D eigenvalue weighted by Crippen LogP contribution is -2.46. The van der Waals surface area contributed by atoms with Crippen LogP contribution in [0.2, 0.25) is 0 Å². The number of alkyl halides is 3. The normalized spacial score (nSPS) is 15.8. The molecule has 0 saturated carbocycles. The molecule has 1 heterocycles. The molecular weight excluding hydrogens is 437 g/mol. The van der Waals surface area contributed by atoms with E-state index in [1.54, 1.807) is 6.92 Å². The SMILES string of the molecule is CC.CC(=O)CCCCCC(=O)N[C@H](CN1CCCC1)[C@@H](O)c1ccc(OC(F)(F)F)cc1. The van der Waals surface area contributed by atoms with Crippen molar-refractivity contribution in [2.45, 2.75) is 84.2 Å². The molecule has 6 nitrogen and oxygen atoms in total. The van der Waals surface area contributed by atoms with Crippen molar-refractivity contribution in [3.05, 3.63) is 29.8 Å². The fourth-order valence-corrected chi connectivity index (χ4v) is 3.68. The molecule has 2 atom stereocenters. The van der Waals surface area contributed by atoms with Crippen molar-refractivity contribution in [3.63, 3.8) is 0 Å². The summed E-state index contributed by atoms with van der Waals surface area (Å²) in [5.74, 6) is -0.429. The highest BCUT2D eigenvalue weighted by molar-refractivity contribution is 5.76. The number of ether oxygens (including phenoxy) is 1. The van der Waals surface area contributed by atoms with Gasteiger partial charge in [0, 0.05) is 19.4 Å². The third-order valence-corrected chi connectivity index (χ3v) is 5.27. The van der Waals surface area contributed by atoms with Crippen LogP contribution in [-0.4, -0.2) is 53.7 Å². The van der Waals surface area contributed by atoms with Crippen molar-refractivity contribution < 1.29 is 32.6 Å². The maximum Gasteiger partial charge on any atom is 0.573 e. The Morgan fingerprint density at radius 2 is 1.64 bits per heavy atom. The number of amides is 1. The Balaban J connectivity index is 0.00000265. The molecule has 1 amide bonds. The van der Waals surface area contributed by atoms with Crippen molar-refractivity contribution in [3.8, 4) is 5.75 Å². The van der Waals surface area contributed by atoms with Crippen molar-refractivity contribution in [1.29, 1.82) is 0 Å². The number of aliphatic hydroxyl groups excluding tert-OH is 1. The predicted molar refractivity (Wildman–Crippen MR) is 121 cm³/mol. The van der Waals surface area contributed by atoms with E-state index < -0.39 is 18.5 Å². The van der Waals surface area contributed by atoms with E-state index in [2.05, 4.69) is 15.0 Å². The van der Waals surface area contributed by atoms with Gasteiger partial charge in [-0.1, -0.05) is 32.4 Å². The number of benzene rings is 1. The lowest BCUT2D eigenvalue weighted by molar-refractivity contribution is -0.274. The summed E-state index contributed by atoms with van der Waals surface area (Å²) in [6.07, 6.45) is -0.784. The summed E-state index contributed by atoms with van der Waals surface area (Å²) in [5.41, 5.74) is 0.403. The largest absolute Gasteiger partial charge is 0.573 e. The number of aliphatic hydroxyl groups is 1. The van der Waals surface area contributed by atoms with Gasteiger partial charge in [0.1, 0.15) is 17.6 Å². The standard InChI is InChI=1S/C22H31F3N2O4.C2H6/c1-16(28)7-3-2-4-8-20(29)26-19(15-27-13-5-6-14-27)21(30)17-9-11-18(12-10-17)31-22(23,24)25;1-2/h9-12,19,21,30H,2-8,13-15H2,1H3,(H,26,29);1-2H3/t19-,21+;/m1./s1. The number of hydrogen-bond acceptors (Lipinski definition) is 5. The zero-order valence-corrected chi connectivity index (χ0v) is 19.8. The number of ketones is 1. The molecule has 188 valence electrons. The number of Topliss-reactive ketones (excluding diaryl/α,β-unsaturated/α-hetero) is 1. The minimum absolute atomic E-state index is 0.130. The Hall–Kier alpha value is -2.13. The maximum atomic E-state index is 12.4. The first kappa shape index (κ1) is 28.9. The van der Waals surface area contributed by atoms with Crippen molar-refractivity contribution >= 4 is 11.7 Å². The smallest absolute Gasteiger partial charge is 0.406 e. The van der Waals surface area contributed by atoms with Crippen LogP contribution in [0.15, 0.2) is 24.3 Å². The molecule has 0 spiro atoms. The molecule has 0 aliphatic carbocycles. The molecule has 1 saturated heterocycles. The quantitative estimate of drug-likeness (QED) is 0.427. The number of halogens is 3. The molecule has 33 heavy (non-hydrogen) atoms. The van der Waals surface area contributed by atoms with E-state index in [0.29, 0.717) is 31.4 Å². The summed E-state index contributed by atoms with van der Waals surface area (Å²) in [6.45, 7) is 7.75. The molecule has 1 aromatic rings. The third-order valence-electron chi connectivity index (χ3n) is 5.27. The Morgan fingerprint density at radius 3 is 2.18 bits per heavy atom. The maximum absolute atomic E-state index is 12.4. The van der Waals surface area contributed by atoms with Crippen LogP contribution < -0.4 is 10.1 Å². The van der Waals surface area contributed by atoms with Gasteiger partial charge in [0.05, 0.1) is 6.04 Å². The Morgan fingerprint density at radius 1 is 1.06 bits per heavy atom. The Bertz CT molecular complexity index is 705.